The van der Waals surface area contributed by atoms with Crippen LogP contribution in [-0.4, -0.2) is 86.3 Å². The van der Waals surface area contributed by atoms with Gasteiger partial charge in [0.1, 0.15) is 18.2 Å². The molecule has 1 saturated carbocycles. The largest absolute Gasteiger partial charge is 0.388 e. The molecule has 3 amide bonds. The molecular formula is C31H43F2N5O4S2. The number of aromatic nitrogens is 1. The molecule has 0 bridgehead atoms. The minimum atomic E-state index is -2.03. The molecule has 2 aliphatic rings. The highest BCUT2D eigenvalue weighted by Gasteiger charge is 2.55. The van der Waals surface area contributed by atoms with E-state index in [-0.39, 0.29) is 19.4 Å². The monoisotopic (exact) mass is 651 g/mol. The summed E-state index contributed by atoms with van der Waals surface area (Å²) in [7, 11) is 0. The lowest BCUT2D eigenvalue weighted by molar-refractivity contribution is -0.143. The Balaban J connectivity index is 1.46. The number of thioether (sulfide) groups is 1. The fourth-order valence-corrected chi connectivity index (χ4v) is 7.29. The zero-order valence-corrected chi connectivity index (χ0v) is 27.1. The molecule has 1 saturated heterocycles. The van der Waals surface area contributed by atoms with Gasteiger partial charge in [0.25, 0.3) is 5.91 Å². The zero-order valence-electron chi connectivity index (χ0n) is 25.5. The van der Waals surface area contributed by atoms with Crippen molar-refractivity contribution in [1.29, 1.82) is 0 Å². The second-order valence-electron chi connectivity index (χ2n) is 12.2. The topological polar surface area (TPSA) is 138 Å². The number of unbranched alkanes of at least 4 members (excludes halogenated alkanes) is 3. The van der Waals surface area contributed by atoms with E-state index in [1.807, 2.05) is 31.2 Å². The fourth-order valence-electron chi connectivity index (χ4n) is 5.27. The molecule has 1 aromatic heterocycles. The first-order chi connectivity index (χ1) is 20.9. The van der Waals surface area contributed by atoms with Gasteiger partial charge in [-0.2, -0.15) is 11.8 Å². The van der Waals surface area contributed by atoms with Gasteiger partial charge < -0.3 is 26.4 Å². The first kappa shape index (κ1) is 34.3. The third-order valence-electron chi connectivity index (χ3n) is 8.25. The van der Waals surface area contributed by atoms with Gasteiger partial charge >= 0.3 is 0 Å². The first-order valence-electron chi connectivity index (χ1n) is 15.1. The van der Waals surface area contributed by atoms with Crippen LogP contribution in [0.4, 0.5) is 8.78 Å². The van der Waals surface area contributed by atoms with E-state index in [0.717, 1.165) is 52.3 Å². The molecule has 2 aromatic rings. The lowest BCUT2D eigenvalue weighted by Gasteiger charge is -2.37. The number of nitrogens with one attached hydrogen (secondary N) is 2. The number of likely N-dealkylation sites (tertiary alicyclic amines) is 1. The van der Waals surface area contributed by atoms with Gasteiger partial charge in [-0.05, 0) is 69.9 Å². The molecule has 0 radical (unpaired) electrons. The van der Waals surface area contributed by atoms with Gasteiger partial charge in [-0.1, -0.05) is 37.1 Å². The van der Waals surface area contributed by atoms with Gasteiger partial charge in [-0.3, -0.25) is 14.4 Å². The summed E-state index contributed by atoms with van der Waals surface area (Å²) in [5.74, 6) is -1.70. The van der Waals surface area contributed by atoms with Crippen LogP contribution >= 0.6 is 23.1 Å². The second-order valence-corrected chi connectivity index (χ2v) is 14.8. The molecule has 0 spiro atoms. The van der Waals surface area contributed by atoms with E-state index in [9.17, 15) is 23.9 Å². The van der Waals surface area contributed by atoms with Crippen molar-refractivity contribution in [3.05, 3.63) is 41.0 Å². The number of benzene rings is 1. The molecule has 13 heteroatoms. The molecule has 2 heterocycles. The number of aliphatic hydroxyl groups is 1. The molecular weight excluding hydrogens is 609 g/mol. The predicted octanol–water partition coefficient (Wildman–Crippen LogP) is 3.66. The summed E-state index contributed by atoms with van der Waals surface area (Å²) in [6, 6.07) is 4.68. The average molecular weight is 652 g/mol. The third-order valence-corrected chi connectivity index (χ3v) is 10.7. The molecule has 1 aromatic carbocycles. The number of hydrogen-bond donors (Lipinski definition) is 4. The van der Waals surface area contributed by atoms with Crippen LogP contribution < -0.4 is 16.4 Å². The lowest BCUT2D eigenvalue weighted by Crippen LogP contribution is -2.61. The van der Waals surface area contributed by atoms with E-state index < -0.39 is 59.0 Å². The minimum absolute atomic E-state index is 0.0687. The second kappa shape index (κ2) is 14.7. The van der Waals surface area contributed by atoms with Crippen molar-refractivity contribution >= 4 is 40.8 Å². The van der Waals surface area contributed by atoms with Gasteiger partial charge in [0, 0.05) is 11.3 Å². The highest BCUT2D eigenvalue weighted by Crippen LogP contribution is 2.41. The van der Waals surface area contributed by atoms with Crippen LogP contribution in [0.5, 0.6) is 0 Å². The zero-order chi connectivity index (χ0) is 32.1. The van der Waals surface area contributed by atoms with Crippen LogP contribution in [-0.2, 0) is 20.9 Å². The predicted molar refractivity (Wildman–Crippen MR) is 170 cm³/mol. The van der Waals surface area contributed by atoms with Crippen LogP contribution in [0.3, 0.4) is 0 Å². The molecule has 4 rings (SSSR count). The van der Waals surface area contributed by atoms with Gasteiger partial charge in [0.15, 0.2) is 11.8 Å². The van der Waals surface area contributed by atoms with Crippen molar-refractivity contribution in [3.8, 4) is 10.4 Å². The highest BCUT2D eigenvalue weighted by molar-refractivity contribution is 8.00. The normalized spacial score (nSPS) is 21.6. The smallest absolute Gasteiger partial charge is 0.258 e. The number of thiazole rings is 1. The Morgan fingerprint density at radius 1 is 1.20 bits per heavy atom. The molecule has 242 valence electrons. The summed E-state index contributed by atoms with van der Waals surface area (Å²) in [6.07, 6.45) is 0.253. The lowest BCUT2D eigenvalue weighted by atomic mass is 10.00. The SMILES string of the molecule is Cc1ncsc1-c1ccc(CNC(=O)[C@@H]2[C@@H](F)[C@@H](O)CN2C(=O)[C@@H](NC(=O)C2(F)CC2)C(C)(C)SCCCCCCN)cc1. The van der Waals surface area contributed by atoms with Crippen molar-refractivity contribution in [2.75, 3.05) is 18.8 Å². The number of aliphatic hydroxyl groups excluding tert-OH is 1. The standard InChI is InChI=1S/C31H43F2N5O4S2/c1-19-25(43-18-36-19)21-10-8-20(9-11-21)16-35-27(40)24-23(32)22(39)17-38(24)28(41)26(37-29(42)31(33)12-13-31)30(2,3)44-15-7-5-4-6-14-34/h8-11,18,22-24,26,39H,4-7,12-17,34H2,1-3H3,(H,35,40)(H,37,42)/t22-,23-,24-,26+/m0/s1. The number of aryl methyl sites for hydroxylation is 1. The number of β-amino-alcohol motifs (C(OH)–C–C–N with tert-alkyl or cyclic N) is 1. The van der Waals surface area contributed by atoms with Crippen LogP contribution in [0.25, 0.3) is 10.4 Å². The summed E-state index contributed by atoms with van der Waals surface area (Å²) in [4.78, 5) is 46.4. The van der Waals surface area contributed by atoms with E-state index in [2.05, 4.69) is 15.6 Å². The Morgan fingerprint density at radius 3 is 2.50 bits per heavy atom. The van der Waals surface area contributed by atoms with Gasteiger partial charge in [0.2, 0.25) is 11.8 Å². The maximum absolute atomic E-state index is 15.3. The summed E-state index contributed by atoms with van der Waals surface area (Å²) < 4.78 is 29.1. The van der Waals surface area contributed by atoms with Crippen LogP contribution in [0.1, 0.15) is 63.6 Å². The fraction of sp³-hybridized carbons (Fsp3) is 0.613. The number of carbonyl (C=O) groups is 3. The minimum Gasteiger partial charge on any atom is -0.388 e. The van der Waals surface area contributed by atoms with E-state index in [1.54, 1.807) is 19.4 Å². The van der Waals surface area contributed by atoms with Crippen LogP contribution in [0.2, 0.25) is 0 Å². The molecule has 5 N–H and O–H groups in total. The summed E-state index contributed by atoms with van der Waals surface area (Å²) in [5.41, 5.74) is 7.99. The Bertz CT molecular complexity index is 1300. The molecule has 9 nitrogen and oxygen atoms in total. The maximum atomic E-state index is 15.3. The Hall–Kier alpha value is -2.61. The number of alkyl halides is 2. The molecule has 44 heavy (non-hydrogen) atoms. The summed E-state index contributed by atoms with van der Waals surface area (Å²) in [6.45, 7) is 5.75. The van der Waals surface area contributed by atoms with Crippen molar-refractivity contribution in [2.24, 2.45) is 5.73 Å². The third kappa shape index (κ3) is 8.15. The van der Waals surface area contributed by atoms with Crippen molar-refractivity contribution in [3.63, 3.8) is 0 Å². The highest BCUT2D eigenvalue weighted by atomic mass is 32.2. The molecule has 4 atom stereocenters. The number of nitrogens with two attached hydrogens (primary N) is 1. The quantitative estimate of drug-likeness (QED) is 0.216. The Labute approximate surface area is 265 Å². The van der Waals surface area contributed by atoms with Crippen molar-refractivity contribution in [2.45, 2.75) is 101 Å². The van der Waals surface area contributed by atoms with Gasteiger partial charge in [-0.15, -0.1) is 11.3 Å². The molecule has 0 unspecified atom stereocenters. The number of carbonyl (C=O) groups excluding carboxylic acids is 3. The van der Waals surface area contributed by atoms with Crippen molar-refractivity contribution in [1.82, 2.24) is 20.5 Å². The van der Waals surface area contributed by atoms with Crippen molar-refractivity contribution < 1.29 is 28.3 Å². The Kier molecular flexibility index (Phi) is 11.4. The summed E-state index contributed by atoms with van der Waals surface area (Å²) >= 11 is 2.98. The number of halogens is 2. The molecule has 2 fully saturated rings. The van der Waals surface area contributed by atoms with E-state index in [4.69, 9.17) is 5.73 Å². The van der Waals surface area contributed by atoms with E-state index in [0.29, 0.717) is 12.3 Å². The van der Waals surface area contributed by atoms with Gasteiger partial charge in [0.05, 0.1) is 22.6 Å². The number of nitrogens with zero attached hydrogens (tertiary/aromatic N) is 2. The maximum Gasteiger partial charge on any atom is 0.258 e. The number of rotatable bonds is 15. The average Bonchev–Trinajstić information content (AvgIpc) is 3.49. The van der Waals surface area contributed by atoms with Crippen LogP contribution in [0.15, 0.2) is 29.8 Å². The first-order valence-corrected chi connectivity index (χ1v) is 17.0. The van der Waals surface area contributed by atoms with E-state index in [1.165, 1.54) is 23.1 Å². The molecule has 1 aliphatic carbocycles. The van der Waals surface area contributed by atoms with Gasteiger partial charge in [-0.25, -0.2) is 13.8 Å². The number of hydrogen-bond acceptors (Lipinski definition) is 8. The number of amides is 3. The summed E-state index contributed by atoms with van der Waals surface area (Å²) in [5, 5.41) is 15.7. The Morgan fingerprint density at radius 2 is 1.89 bits per heavy atom. The van der Waals surface area contributed by atoms with E-state index >= 15 is 4.39 Å². The van der Waals surface area contributed by atoms with Crippen LogP contribution in [0, 0.1) is 6.92 Å². The molecule has 1 aliphatic heterocycles.